The van der Waals surface area contributed by atoms with E-state index in [9.17, 15) is 9.18 Å². The molecular formula is C14H18ClFN2O. The Labute approximate surface area is 118 Å². The molecule has 104 valence electrons. The molecule has 0 radical (unpaired) electrons. The lowest BCUT2D eigenvalue weighted by atomic mass is 10.1. The number of fused-ring (bicyclic) bond motifs is 2. The minimum absolute atomic E-state index is 0. The molecule has 2 atom stereocenters. The van der Waals surface area contributed by atoms with E-state index in [1.165, 1.54) is 18.6 Å². The van der Waals surface area contributed by atoms with E-state index in [0.29, 0.717) is 17.6 Å². The molecule has 0 aliphatic carbocycles. The number of halogens is 2. The number of nitrogens with one attached hydrogen (secondary N) is 1. The first kappa shape index (κ1) is 14.3. The molecule has 5 heteroatoms. The number of benzene rings is 1. The van der Waals surface area contributed by atoms with Crippen molar-refractivity contribution in [1.82, 2.24) is 10.2 Å². The maximum atomic E-state index is 13.1. The first-order valence-electron chi connectivity index (χ1n) is 6.53. The van der Waals surface area contributed by atoms with Crippen LogP contribution in [0.25, 0.3) is 0 Å². The Morgan fingerprint density at radius 3 is 2.84 bits per heavy atom. The summed E-state index contributed by atoms with van der Waals surface area (Å²) in [6, 6.07) is 6.92. The molecule has 2 unspecified atom stereocenters. The van der Waals surface area contributed by atoms with E-state index in [2.05, 4.69) is 5.32 Å². The van der Waals surface area contributed by atoms with Crippen LogP contribution in [0.15, 0.2) is 24.3 Å². The summed E-state index contributed by atoms with van der Waals surface area (Å²) in [6.45, 7) is 1.51. The summed E-state index contributed by atoms with van der Waals surface area (Å²) >= 11 is 0. The van der Waals surface area contributed by atoms with Crippen molar-refractivity contribution in [3.8, 4) is 0 Å². The number of nitrogens with zero attached hydrogens (tertiary/aromatic N) is 1. The Bertz CT molecular complexity index is 469. The molecule has 2 aliphatic heterocycles. The van der Waals surface area contributed by atoms with Gasteiger partial charge in [0.05, 0.1) is 0 Å². The van der Waals surface area contributed by atoms with Gasteiger partial charge in [-0.05, 0) is 37.5 Å². The lowest BCUT2D eigenvalue weighted by Gasteiger charge is -2.24. The second-order valence-electron chi connectivity index (χ2n) is 5.19. The van der Waals surface area contributed by atoms with Gasteiger partial charge in [-0.15, -0.1) is 12.4 Å². The van der Waals surface area contributed by atoms with E-state index in [1.54, 1.807) is 12.1 Å². The predicted octanol–water partition coefficient (Wildman–Crippen LogP) is 2.21. The first-order chi connectivity index (χ1) is 8.72. The van der Waals surface area contributed by atoms with Crippen LogP contribution in [0.3, 0.4) is 0 Å². The van der Waals surface area contributed by atoms with Crippen LogP contribution in [0.1, 0.15) is 29.6 Å². The van der Waals surface area contributed by atoms with E-state index in [0.717, 1.165) is 25.9 Å². The molecule has 2 saturated heterocycles. The van der Waals surface area contributed by atoms with Crippen molar-refractivity contribution in [2.45, 2.75) is 31.3 Å². The molecule has 1 amide bonds. The second-order valence-corrected chi connectivity index (χ2v) is 5.19. The molecule has 2 fully saturated rings. The molecule has 2 bridgehead atoms. The number of hydrogen-bond donors (Lipinski definition) is 1. The summed E-state index contributed by atoms with van der Waals surface area (Å²) in [4.78, 5) is 14.2. The highest BCUT2D eigenvalue weighted by molar-refractivity contribution is 5.94. The number of carbonyl (C=O) groups excluding carboxylic acids is 1. The third-order valence-electron chi connectivity index (χ3n) is 3.88. The van der Waals surface area contributed by atoms with Crippen LogP contribution in [0.4, 0.5) is 4.39 Å². The molecule has 0 spiro atoms. The normalized spacial score (nSPS) is 25.6. The van der Waals surface area contributed by atoms with Crippen molar-refractivity contribution in [3.05, 3.63) is 35.6 Å². The molecule has 3 rings (SSSR count). The van der Waals surface area contributed by atoms with Gasteiger partial charge in [-0.3, -0.25) is 4.79 Å². The van der Waals surface area contributed by atoms with Gasteiger partial charge in [-0.1, -0.05) is 6.07 Å². The summed E-state index contributed by atoms with van der Waals surface area (Å²) in [5, 5.41) is 3.53. The fraction of sp³-hybridized carbons (Fsp3) is 0.500. The van der Waals surface area contributed by atoms with Gasteiger partial charge in [-0.2, -0.15) is 0 Å². The maximum absolute atomic E-state index is 13.1. The topological polar surface area (TPSA) is 32.3 Å². The molecule has 0 saturated carbocycles. The minimum atomic E-state index is -0.352. The number of likely N-dealkylation sites (tertiary alicyclic amines) is 1. The summed E-state index contributed by atoms with van der Waals surface area (Å²) < 4.78 is 13.1. The fourth-order valence-corrected chi connectivity index (χ4v) is 2.93. The predicted molar refractivity (Wildman–Crippen MR) is 74.1 cm³/mol. The smallest absolute Gasteiger partial charge is 0.254 e. The third kappa shape index (κ3) is 3.07. The van der Waals surface area contributed by atoms with Crippen molar-refractivity contribution in [2.24, 2.45) is 0 Å². The lowest BCUT2D eigenvalue weighted by Crippen LogP contribution is -2.39. The van der Waals surface area contributed by atoms with Gasteiger partial charge in [0, 0.05) is 30.7 Å². The van der Waals surface area contributed by atoms with Crippen LogP contribution in [0.5, 0.6) is 0 Å². The second kappa shape index (κ2) is 5.88. The Hall–Kier alpha value is -1.13. The zero-order chi connectivity index (χ0) is 12.5. The van der Waals surface area contributed by atoms with Gasteiger partial charge < -0.3 is 10.2 Å². The van der Waals surface area contributed by atoms with Crippen molar-refractivity contribution >= 4 is 18.3 Å². The Morgan fingerprint density at radius 1 is 1.26 bits per heavy atom. The first-order valence-corrected chi connectivity index (χ1v) is 6.53. The summed E-state index contributed by atoms with van der Waals surface area (Å²) in [5.41, 5.74) is 0.452. The quantitative estimate of drug-likeness (QED) is 0.858. The van der Waals surface area contributed by atoms with Crippen LogP contribution in [0, 0.1) is 5.82 Å². The van der Waals surface area contributed by atoms with E-state index < -0.39 is 0 Å². The van der Waals surface area contributed by atoms with E-state index in [-0.39, 0.29) is 24.1 Å². The highest BCUT2D eigenvalue weighted by Gasteiger charge is 2.31. The van der Waals surface area contributed by atoms with Crippen LogP contribution in [-0.4, -0.2) is 36.0 Å². The molecule has 1 aromatic carbocycles. The largest absolute Gasteiger partial charge is 0.337 e. The minimum Gasteiger partial charge on any atom is -0.337 e. The zero-order valence-corrected chi connectivity index (χ0v) is 11.5. The standard InChI is InChI=1S/C14H17FN2O.ClH/c15-11-3-1-2-10(8-11)14(18)17-7-6-12-4-5-13(9-17)16-12;/h1-3,8,12-13,16H,4-7,9H2;1H. The van der Waals surface area contributed by atoms with E-state index >= 15 is 0 Å². The number of hydrogen-bond acceptors (Lipinski definition) is 2. The van der Waals surface area contributed by atoms with Crippen molar-refractivity contribution < 1.29 is 9.18 Å². The van der Waals surface area contributed by atoms with Crippen molar-refractivity contribution in [2.75, 3.05) is 13.1 Å². The third-order valence-corrected chi connectivity index (χ3v) is 3.88. The molecule has 2 aliphatic rings. The van der Waals surface area contributed by atoms with Crippen LogP contribution < -0.4 is 5.32 Å². The number of rotatable bonds is 1. The average molecular weight is 285 g/mol. The fourth-order valence-electron chi connectivity index (χ4n) is 2.93. The molecule has 0 aromatic heterocycles. The Balaban J connectivity index is 0.00000133. The maximum Gasteiger partial charge on any atom is 0.254 e. The Morgan fingerprint density at radius 2 is 2.05 bits per heavy atom. The van der Waals surface area contributed by atoms with Crippen LogP contribution in [0.2, 0.25) is 0 Å². The van der Waals surface area contributed by atoms with Gasteiger partial charge in [0.2, 0.25) is 0 Å². The summed E-state index contributed by atoms with van der Waals surface area (Å²) in [7, 11) is 0. The van der Waals surface area contributed by atoms with Crippen molar-refractivity contribution in [3.63, 3.8) is 0 Å². The highest BCUT2D eigenvalue weighted by Crippen LogP contribution is 2.21. The molecule has 19 heavy (non-hydrogen) atoms. The highest BCUT2D eigenvalue weighted by atomic mass is 35.5. The average Bonchev–Trinajstić information content (AvgIpc) is 2.68. The van der Waals surface area contributed by atoms with Crippen LogP contribution >= 0.6 is 12.4 Å². The molecule has 3 nitrogen and oxygen atoms in total. The molecular weight excluding hydrogens is 267 g/mol. The molecule has 2 heterocycles. The summed E-state index contributed by atoms with van der Waals surface area (Å²) in [6.07, 6.45) is 3.35. The van der Waals surface area contributed by atoms with Gasteiger partial charge in [0.1, 0.15) is 5.82 Å². The Kier molecular flexibility index (Phi) is 4.42. The molecule has 1 N–H and O–H groups in total. The summed E-state index contributed by atoms with van der Waals surface area (Å²) in [5.74, 6) is -0.404. The molecule has 1 aromatic rings. The van der Waals surface area contributed by atoms with Gasteiger partial charge in [-0.25, -0.2) is 4.39 Å². The lowest BCUT2D eigenvalue weighted by molar-refractivity contribution is 0.0747. The van der Waals surface area contributed by atoms with E-state index in [4.69, 9.17) is 0 Å². The zero-order valence-electron chi connectivity index (χ0n) is 10.6. The van der Waals surface area contributed by atoms with Crippen molar-refractivity contribution in [1.29, 1.82) is 0 Å². The SMILES string of the molecule is Cl.O=C(c1cccc(F)c1)N1CCC2CCC(C1)N2. The number of amides is 1. The monoisotopic (exact) mass is 284 g/mol. The number of carbonyl (C=O) groups is 1. The van der Waals surface area contributed by atoms with Gasteiger partial charge >= 0.3 is 0 Å². The van der Waals surface area contributed by atoms with E-state index in [1.807, 2.05) is 4.90 Å². The van der Waals surface area contributed by atoms with Crippen LogP contribution in [-0.2, 0) is 0 Å². The van der Waals surface area contributed by atoms with Gasteiger partial charge in [0.25, 0.3) is 5.91 Å². The van der Waals surface area contributed by atoms with Gasteiger partial charge in [0.15, 0.2) is 0 Å².